The fourth-order valence-corrected chi connectivity index (χ4v) is 4.07. The highest BCUT2D eigenvalue weighted by Gasteiger charge is 2.16. The number of ketones is 1. The van der Waals surface area contributed by atoms with Gasteiger partial charge in [0.05, 0.1) is 16.1 Å². The van der Waals surface area contributed by atoms with Crippen LogP contribution in [0.5, 0.6) is 11.5 Å². The molecule has 3 heterocycles. The summed E-state index contributed by atoms with van der Waals surface area (Å²) in [5.74, 6) is 2.01. The Kier molecular flexibility index (Phi) is 3.71. The first-order chi connectivity index (χ1) is 11.2. The quantitative estimate of drug-likeness (QED) is 0.522. The Bertz CT molecular complexity index is 890. The second-order valence-corrected chi connectivity index (χ2v) is 7.11. The molecule has 0 amide bonds. The molecule has 6 heteroatoms. The van der Waals surface area contributed by atoms with Crippen LogP contribution in [0, 0.1) is 6.92 Å². The average Bonchev–Trinajstić information content (AvgIpc) is 3.21. The number of carbonyl (C=O) groups excluding carboxylic acids is 1. The second kappa shape index (κ2) is 5.86. The van der Waals surface area contributed by atoms with Gasteiger partial charge in [-0.15, -0.1) is 11.3 Å². The molecule has 4 nitrogen and oxygen atoms in total. The molecule has 0 saturated carbocycles. The number of carbonyl (C=O) groups is 1. The third-order valence-corrected chi connectivity index (χ3v) is 5.59. The molecule has 0 unspecified atom stereocenters. The van der Waals surface area contributed by atoms with Crippen molar-refractivity contribution in [3.63, 3.8) is 0 Å². The van der Waals surface area contributed by atoms with Crippen LogP contribution in [0.25, 0.3) is 10.9 Å². The number of fused-ring (bicyclic) bond motifs is 2. The largest absolute Gasteiger partial charge is 0.454 e. The summed E-state index contributed by atoms with van der Waals surface area (Å²) in [5, 5.41) is 3.81. The Balaban J connectivity index is 1.61. The Morgan fingerprint density at radius 1 is 1.30 bits per heavy atom. The zero-order valence-electron chi connectivity index (χ0n) is 12.4. The summed E-state index contributed by atoms with van der Waals surface area (Å²) in [6, 6.07) is 9.66. The topological polar surface area (TPSA) is 48.4 Å². The Hall–Kier alpha value is -2.05. The van der Waals surface area contributed by atoms with Gasteiger partial charge in [-0.2, -0.15) is 0 Å². The number of thioether (sulfide) groups is 1. The van der Waals surface area contributed by atoms with Crippen LogP contribution in [0.2, 0.25) is 0 Å². The van der Waals surface area contributed by atoms with E-state index in [0.717, 1.165) is 37.9 Å². The first-order valence-electron chi connectivity index (χ1n) is 7.11. The van der Waals surface area contributed by atoms with E-state index in [1.165, 1.54) is 23.1 Å². The Labute approximate surface area is 141 Å². The number of Topliss-reactive ketones (excluding diaryl/α,β-unsaturated/α-hetero) is 1. The normalized spacial score (nSPS) is 12.7. The van der Waals surface area contributed by atoms with E-state index in [4.69, 9.17) is 9.47 Å². The van der Waals surface area contributed by atoms with Crippen molar-refractivity contribution in [3.8, 4) is 11.5 Å². The van der Waals surface area contributed by atoms with Crippen LogP contribution < -0.4 is 9.47 Å². The SMILES string of the molecule is Cc1cc2cc3c(cc2nc1SCC(=O)c1cccs1)OCO3. The summed E-state index contributed by atoms with van der Waals surface area (Å²) < 4.78 is 10.8. The number of thiophene rings is 1. The summed E-state index contributed by atoms with van der Waals surface area (Å²) in [4.78, 5) is 17.6. The standard InChI is InChI=1S/C17H13NO3S2/c1-10-5-11-6-14-15(21-9-20-14)7-12(11)18-17(10)23-8-13(19)16-3-2-4-22-16/h2-7H,8-9H2,1H3. The van der Waals surface area contributed by atoms with Gasteiger partial charge in [0.2, 0.25) is 6.79 Å². The highest BCUT2D eigenvalue weighted by Crippen LogP contribution is 2.37. The Morgan fingerprint density at radius 3 is 2.91 bits per heavy atom. The predicted octanol–water partition coefficient (Wildman–Crippen LogP) is 4.31. The molecule has 0 atom stereocenters. The molecule has 0 fully saturated rings. The van der Waals surface area contributed by atoms with Gasteiger partial charge in [-0.05, 0) is 36.1 Å². The number of nitrogens with zero attached hydrogens (tertiary/aromatic N) is 1. The maximum absolute atomic E-state index is 12.1. The highest BCUT2D eigenvalue weighted by atomic mass is 32.2. The van der Waals surface area contributed by atoms with Gasteiger partial charge in [-0.1, -0.05) is 17.8 Å². The second-order valence-electron chi connectivity index (χ2n) is 5.20. The minimum Gasteiger partial charge on any atom is -0.454 e. The lowest BCUT2D eigenvalue weighted by Crippen LogP contribution is -2.00. The van der Waals surface area contributed by atoms with Crippen molar-refractivity contribution in [2.24, 2.45) is 0 Å². The minimum atomic E-state index is 0.136. The highest BCUT2D eigenvalue weighted by molar-refractivity contribution is 8.00. The van der Waals surface area contributed by atoms with Crippen LogP contribution in [0.15, 0.2) is 40.7 Å². The summed E-state index contributed by atoms with van der Waals surface area (Å²) in [6.07, 6.45) is 0. The molecule has 1 aliphatic rings. The fraction of sp³-hybridized carbons (Fsp3) is 0.176. The molecule has 0 bridgehead atoms. The van der Waals surface area contributed by atoms with E-state index >= 15 is 0 Å². The molecular weight excluding hydrogens is 330 g/mol. The van der Waals surface area contributed by atoms with Crippen LogP contribution in [-0.4, -0.2) is 23.3 Å². The Morgan fingerprint density at radius 2 is 2.13 bits per heavy atom. The number of pyridine rings is 1. The van der Waals surface area contributed by atoms with Crippen LogP contribution in [0.4, 0.5) is 0 Å². The third-order valence-electron chi connectivity index (χ3n) is 3.59. The predicted molar refractivity (Wildman–Crippen MR) is 92.0 cm³/mol. The van der Waals surface area contributed by atoms with E-state index in [0.29, 0.717) is 5.75 Å². The molecule has 0 aliphatic carbocycles. The van der Waals surface area contributed by atoms with Gasteiger partial charge in [0.1, 0.15) is 5.03 Å². The number of rotatable bonds is 4. The van der Waals surface area contributed by atoms with Crippen molar-refractivity contribution in [2.45, 2.75) is 11.9 Å². The fourth-order valence-electron chi connectivity index (χ4n) is 2.44. The summed E-state index contributed by atoms with van der Waals surface area (Å²) in [6.45, 7) is 2.26. The van der Waals surface area contributed by atoms with Gasteiger partial charge < -0.3 is 9.47 Å². The number of aromatic nitrogens is 1. The van der Waals surface area contributed by atoms with Crippen molar-refractivity contribution < 1.29 is 14.3 Å². The zero-order chi connectivity index (χ0) is 15.8. The molecule has 0 spiro atoms. The summed E-state index contributed by atoms with van der Waals surface area (Å²) in [5.41, 5.74) is 1.91. The van der Waals surface area contributed by atoms with Gasteiger partial charge in [0, 0.05) is 11.5 Å². The first-order valence-corrected chi connectivity index (χ1v) is 8.98. The molecular formula is C17H13NO3S2. The molecule has 0 saturated heterocycles. The zero-order valence-corrected chi connectivity index (χ0v) is 14.0. The van der Waals surface area contributed by atoms with E-state index in [9.17, 15) is 4.79 Å². The molecule has 1 aromatic carbocycles. The number of aryl methyl sites for hydroxylation is 1. The molecule has 3 aromatic rings. The van der Waals surface area contributed by atoms with Crippen molar-refractivity contribution in [3.05, 3.63) is 46.2 Å². The van der Waals surface area contributed by atoms with Gasteiger partial charge >= 0.3 is 0 Å². The summed E-state index contributed by atoms with van der Waals surface area (Å²) in [7, 11) is 0. The number of hydrogen-bond donors (Lipinski definition) is 0. The van der Waals surface area contributed by atoms with Crippen LogP contribution >= 0.6 is 23.1 Å². The van der Waals surface area contributed by atoms with E-state index < -0.39 is 0 Å². The molecule has 1 aliphatic heterocycles. The lowest BCUT2D eigenvalue weighted by atomic mass is 10.1. The summed E-state index contributed by atoms with van der Waals surface area (Å²) >= 11 is 2.95. The first kappa shape index (κ1) is 14.5. The monoisotopic (exact) mass is 343 g/mol. The lowest BCUT2D eigenvalue weighted by Gasteiger charge is -2.07. The van der Waals surface area contributed by atoms with E-state index in [-0.39, 0.29) is 12.6 Å². The molecule has 0 radical (unpaired) electrons. The number of hydrogen-bond acceptors (Lipinski definition) is 6. The van der Waals surface area contributed by atoms with Gasteiger partial charge in [-0.25, -0.2) is 4.98 Å². The van der Waals surface area contributed by atoms with Crippen molar-refractivity contribution >= 4 is 39.8 Å². The maximum atomic E-state index is 12.1. The minimum absolute atomic E-state index is 0.136. The molecule has 4 rings (SSSR count). The van der Waals surface area contributed by atoms with Gasteiger partial charge in [-0.3, -0.25) is 4.79 Å². The molecule has 23 heavy (non-hydrogen) atoms. The molecule has 0 N–H and O–H groups in total. The van der Waals surface area contributed by atoms with Gasteiger partial charge in [0.15, 0.2) is 17.3 Å². The van der Waals surface area contributed by atoms with E-state index in [2.05, 4.69) is 11.1 Å². The van der Waals surface area contributed by atoms with Crippen LogP contribution in [-0.2, 0) is 0 Å². The smallest absolute Gasteiger partial charge is 0.231 e. The van der Waals surface area contributed by atoms with Gasteiger partial charge in [0.25, 0.3) is 0 Å². The van der Waals surface area contributed by atoms with Crippen LogP contribution in [0.1, 0.15) is 15.2 Å². The van der Waals surface area contributed by atoms with Crippen molar-refractivity contribution in [1.82, 2.24) is 4.98 Å². The maximum Gasteiger partial charge on any atom is 0.231 e. The van der Waals surface area contributed by atoms with Crippen LogP contribution in [0.3, 0.4) is 0 Å². The van der Waals surface area contributed by atoms with E-state index in [1.54, 1.807) is 0 Å². The lowest BCUT2D eigenvalue weighted by molar-refractivity contribution is 0.102. The van der Waals surface area contributed by atoms with E-state index in [1.807, 2.05) is 36.6 Å². The van der Waals surface area contributed by atoms with Crippen molar-refractivity contribution in [1.29, 1.82) is 0 Å². The molecule has 116 valence electrons. The van der Waals surface area contributed by atoms with Crippen molar-refractivity contribution in [2.75, 3.05) is 12.5 Å². The number of ether oxygens (including phenoxy) is 2. The number of benzene rings is 1. The third kappa shape index (κ3) is 2.80. The average molecular weight is 343 g/mol. The molecule has 2 aromatic heterocycles.